The lowest BCUT2D eigenvalue weighted by Gasteiger charge is -2.29. The van der Waals surface area contributed by atoms with Gasteiger partial charge in [0, 0.05) is 31.3 Å². The Labute approximate surface area is 141 Å². The van der Waals surface area contributed by atoms with Crippen LogP contribution in [0.4, 0.5) is 5.69 Å². The van der Waals surface area contributed by atoms with Crippen molar-refractivity contribution in [3.63, 3.8) is 0 Å². The lowest BCUT2D eigenvalue weighted by molar-refractivity contribution is -0.384. The van der Waals surface area contributed by atoms with Gasteiger partial charge in [0.1, 0.15) is 0 Å². The van der Waals surface area contributed by atoms with Crippen molar-refractivity contribution in [1.29, 1.82) is 0 Å². The second kappa shape index (κ2) is 6.72. The predicted molar refractivity (Wildman–Crippen MR) is 87.9 cm³/mol. The first-order valence-corrected chi connectivity index (χ1v) is 8.84. The van der Waals surface area contributed by atoms with Crippen LogP contribution in [0.5, 0.6) is 0 Å². The molecule has 1 saturated carbocycles. The summed E-state index contributed by atoms with van der Waals surface area (Å²) in [6.45, 7) is 0.947. The topological polar surface area (TPSA) is 107 Å². The second-order valence-corrected chi connectivity index (χ2v) is 8.03. The summed E-state index contributed by atoms with van der Waals surface area (Å²) in [6.07, 6.45) is 3.02. The summed E-state index contributed by atoms with van der Waals surface area (Å²) < 4.78 is 26.8. The van der Waals surface area contributed by atoms with Crippen LogP contribution >= 0.6 is 12.4 Å². The lowest BCUT2D eigenvalue weighted by atomic mass is 9.78. The number of fused-ring (bicyclic) bond motifs is 1. The average Bonchev–Trinajstić information content (AvgIpc) is 2.94. The SMILES string of the molecule is Cl.NC1CCCC2CN(S(=O)(=O)c3ccc([N+](=O)[O-])cc3)CC12. The first-order valence-electron chi connectivity index (χ1n) is 7.40. The van der Waals surface area contributed by atoms with Gasteiger partial charge in [-0.1, -0.05) is 6.42 Å². The van der Waals surface area contributed by atoms with Gasteiger partial charge < -0.3 is 5.73 Å². The van der Waals surface area contributed by atoms with Crippen molar-refractivity contribution in [1.82, 2.24) is 4.31 Å². The first-order chi connectivity index (χ1) is 10.4. The molecule has 1 aliphatic carbocycles. The minimum atomic E-state index is -3.61. The number of nitrogens with two attached hydrogens (primary N) is 1. The third-order valence-corrected chi connectivity index (χ3v) is 6.65. The van der Waals surface area contributed by atoms with E-state index in [0.717, 1.165) is 19.3 Å². The van der Waals surface area contributed by atoms with Crippen molar-refractivity contribution in [3.8, 4) is 0 Å². The lowest BCUT2D eigenvalue weighted by Crippen LogP contribution is -2.38. The zero-order valence-electron chi connectivity index (χ0n) is 12.5. The van der Waals surface area contributed by atoms with Gasteiger partial charge in [-0.05, 0) is 36.8 Å². The fourth-order valence-corrected chi connectivity index (χ4v) is 5.10. The Balaban J connectivity index is 0.00000192. The van der Waals surface area contributed by atoms with Gasteiger partial charge in [0.05, 0.1) is 9.82 Å². The van der Waals surface area contributed by atoms with E-state index in [1.165, 1.54) is 28.6 Å². The fraction of sp³-hybridized carbons (Fsp3) is 0.571. The summed E-state index contributed by atoms with van der Waals surface area (Å²) in [7, 11) is -3.61. The van der Waals surface area contributed by atoms with Crippen LogP contribution in [0.1, 0.15) is 19.3 Å². The quantitative estimate of drug-likeness (QED) is 0.652. The number of non-ortho nitro benzene ring substituents is 1. The van der Waals surface area contributed by atoms with Gasteiger partial charge in [-0.15, -0.1) is 12.4 Å². The molecular formula is C14H20ClN3O4S. The normalized spacial score (nSPS) is 28.0. The number of halogens is 1. The van der Waals surface area contributed by atoms with E-state index < -0.39 is 14.9 Å². The summed E-state index contributed by atoms with van der Waals surface area (Å²) in [4.78, 5) is 10.2. The highest BCUT2D eigenvalue weighted by Crippen LogP contribution is 2.37. The minimum absolute atomic E-state index is 0. The van der Waals surface area contributed by atoms with Crippen molar-refractivity contribution >= 4 is 28.1 Å². The minimum Gasteiger partial charge on any atom is -0.327 e. The monoisotopic (exact) mass is 361 g/mol. The molecule has 0 spiro atoms. The zero-order valence-corrected chi connectivity index (χ0v) is 14.1. The average molecular weight is 362 g/mol. The third-order valence-electron chi connectivity index (χ3n) is 4.81. The molecule has 0 amide bonds. The van der Waals surface area contributed by atoms with E-state index in [9.17, 15) is 18.5 Å². The molecule has 0 radical (unpaired) electrons. The summed E-state index contributed by atoms with van der Waals surface area (Å²) in [6, 6.07) is 5.12. The Kier molecular flexibility index (Phi) is 5.30. The van der Waals surface area contributed by atoms with Crippen molar-refractivity contribution < 1.29 is 13.3 Å². The number of rotatable bonds is 3. The van der Waals surface area contributed by atoms with Gasteiger partial charge in [-0.25, -0.2) is 8.42 Å². The van der Waals surface area contributed by atoms with Gasteiger partial charge in [0.25, 0.3) is 5.69 Å². The fourth-order valence-electron chi connectivity index (χ4n) is 3.56. The van der Waals surface area contributed by atoms with Crippen LogP contribution in [-0.2, 0) is 10.0 Å². The van der Waals surface area contributed by atoms with Crippen molar-refractivity contribution in [2.45, 2.75) is 30.2 Å². The van der Waals surface area contributed by atoms with Crippen LogP contribution in [0.25, 0.3) is 0 Å². The molecule has 23 heavy (non-hydrogen) atoms. The van der Waals surface area contributed by atoms with Crippen LogP contribution in [-0.4, -0.2) is 36.8 Å². The van der Waals surface area contributed by atoms with Gasteiger partial charge in [0.15, 0.2) is 0 Å². The van der Waals surface area contributed by atoms with Gasteiger partial charge in [-0.2, -0.15) is 4.31 Å². The highest BCUT2D eigenvalue weighted by atomic mass is 35.5. The number of sulfonamides is 1. The molecule has 128 valence electrons. The van der Waals surface area contributed by atoms with Crippen LogP contribution in [0.3, 0.4) is 0 Å². The molecule has 1 heterocycles. The van der Waals surface area contributed by atoms with E-state index in [4.69, 9.17) is 5.73 Å². The van der Waals surface area contributed by atoms with E-state index in [-0.39, 0.29) is 34.9 Å². The molecule has 0 aromatic heterocycles. The standard InChI is InChI=1S/C14H19N3O4S.ClH/c15-14-3-1-2-10-8-16(9-13(10)14)22(20,21)12-6-4-11(5-7-12)17(18)19;/h4-7,10,13-14H,1-3,8-9,15H2;1H. The van der Waals surface area contributed by atoms with Gasteiger partial charge in [0.2, 0.25) is 10.0 Å². The number of nitrogens with zero attached hydrogens (tertiary/aromatic N) is 2. The number of hydrogen-bond acceptors (Lipinski definition) is 5. The van der Waals surface area contributed by atoms with Crippen molar-refractivity contribution in [2.24, 2.45) is 17.6 Å². The predicted octanol–water partition coefficient (Wildman–Crippen LogP) is 1.76. The van der Waals surface area contributed by atoms with E-state index in [1.807, 2.05) is 0 Å². The number of nitro groups is 1. The molecule has 1 aliphatic heterocycles. The number of nitro benzene ring substituents is 1. The van der Waals surface area contributed by atoms with Crippen molar-refractivity contribution in [3.05, 3.63) is 34.4 Å². The maximum absolute atomic E-state index is 12.7. The van der Waals surface area contributed by atoms with Crippen LogP contribution < -0.4 is 5.73 Å². The van der Waals surface area contributed by atoms with E-state index in [2.05, 4.69) is 0 Å². The van der Waals surface area contributed by atoms with E-state index in [0.29, 0.717) is 19.0 Å². The molecule has 3 atom stereocenters. The smallest absolute Gasteiger partial charge is 0.269 e. The molecule has 7 nitrogen and oxygen atoms in total. The molecule has 3 unspecified atom stereocenters. The Hall–Kier alpha value is -1.22. The number of hydrogen-bond donors (Lipinski definition) is 1. The molecule has 0 bridgehead atoms. The highest BCUT2D eigenvalue weighted by Gasteiger charge is 2.43. The van der Waals surface area contributed by atoms with E-state index >= 15 is 0 Å². The Morgan fingerprint density at radius 3 is 2.39 bits per heavy atom. The summed E-state index contributed by atoms with van der Waals surface area (Å²) in [5, 5.41) is 10.7. The highest BCUT2D eigenvalue weighted by molar-refractivity contribution is 7.89. The summed E-state index contributed by atoms with van der Waals surface area (Å²) in [5.74, 6) is 0.554. The van der Waals surface area contributed by atoms with Crippen LogP contribution in [0.15, 0.2) is 29.2 Å². The molecule has 2 N–H and O–H groups in total. The second-order valence-electron chi connectivity index (χ2n) is 6.09. The van der Waals surface area contributed by atoms with Gasteiger partial charge in [-0.3, -0.25) is 10.1 Å². The first kappa shape index (κ1) is 18.1. The molecular weight excluding hydrogens is 342 g/mol. The third kappa shape index (κ3) is 3.35. The zero-order chi connectivity index (χ0) is 15.9. The molecule has 2 aliphatic rings. The Bertz CT molecular complexity index is 680. The molecule has 9 heteroatoms. The van der Waals surface area contributed by atoms with Crippen LogP contribution in [0, 0.1) is 22.0 Å². The molecule has 1 saturated heterocycles. The summed E-state index contributed by atoms with van der Waals surface area (Å²) in [5.41, 5.74) is 6.01. The Morgan fingerprint density at radius 2 is 1.83 bits per heavy atom. The molecule has 2 fully saturated rings. The molecule has 1 aromatic rings. The largest absolute Gasteiger partial charge is 0.327 e. The Morgan fingerprint density at radius 1 is 1.17 bits per heavy atom. The molecule has 3 rings (SSSR count). The van der Waals surface area contributed by atoms with E-state index in [1.54, 1.807) is 0 Å². The van der Waals surface area contributed by atoms with Crippen LogP contribution in [0.2, 0.25) is 0 Å². The summed E-state index contributed by atoms with van der Waals surface area (Å²) >= 11 is 0. The van der Waals surface area contributed by atoms with Gasteiger partial charge >= 0.3 is 0 Å². The maximum atomic E-state index is 12.7. The van der Waals surface area contributed by atoms with Crippen molar-refractivity contribution in [2.75, 3.05) is 13.1 Å². The molecule has 1 aromatic carbocycles. The maximum Gasteiger partial charge on any atom is 0.269 e. The number of benzene rings is 1.